The molecule has 0 fully saturated rings. The summed E-state index contributed by atoms with van der Waals surface area (Å²) < 4.78 is 0.754. The zero-order chi connectivity index (χ0) is 10.0. The van der Waals surface area contributed by atoms with Crippen LogP contribution in [0.25, 0.3) is 0 Å². The Balaban J connectivity index is 3.33. The first-order valence-corrected chi connectivity index (χ1v) is 5.12. The van der Waals surface area contributed by atoms with Crippen LogP contribution in [0.2, 0.25) is 5.02 Å². The summed E-state index contributed by atoms with van der Waals surface area (Å²) >= 11 is 9.30. The van der Waals surface area contributed by atoms with E-state index in [1.165, 1.54) is 0 Å². The predicted molar refractivity (Wildman–Crippen MR) is 58.0 cm³/mol. The van der Waals surface area contributed by atoms with E-state index in [0.717, 1.165) is 10.0 Å². The van der Waals surface area contributed by atoms with E-state index in [9.17, 15) is 0 Å². The topological polar surface area (TPSA) is 23.8 Å². The number of benzene rings is 1. The maximum Gasteiger partial charge on any atom is 0.100 e. The fraction of sp³-hybridized carbons (Fsp3) is 0.300. The van der Waals surface area contributed by atoms with Crippen molar-refractivity contribution in [3.8, 4) is 6.07 Å². The van der Waals surface area contributed by atoms with Gasteiger partial charge in [-0.1, -0.05) is 25.4 Å². The molecule has 0 aromatic heterocycles. The van der Waals surface area contributed by atoms with Crippen LogP contribution in [0.4, 0.5) is 0 Å². The summed E-state index contributed by atoms with van der Waals surface area (Å²) in [7, 11) is 0. The Bertz CT molecular complexity index is 366. The van der Waals surface area contributed by atoms with E-state index in [1.807, 2.05) is 6.07 Å². The highest BCUT2D eigenvalue weighted by Crippen LogP contribution is 2.29. The third-order valence-corrected chi connectivity index (χ3v) is 2.81. The maximum atomic E-state index is 8.79. The van der Waals surface area contributed by atoms with Crippen molar-refractivity contribution in [2.45, 2.75) is 19.8 Å². The summed E-state index contributed by atoms with van der Waals surface area (Å²) in [6.45, 7) is 4.10. The van der Waals surface area contributed by atoms with Crippen molar-refractivity contribution in [2.75, 3.05) is 0 Å². The predicted octanol–water partition coefficient (Wildman–Crippen LogP) is 4.10. The van der Waals surface area contributed by atoms with Gasteiger partial charge < -0.3 is 0 Å². The fourth-order valence-electron chi connectivity index (χ4n) is 1.09. The minimum absolute atomic E-state index is 0.340. The normalized spacial score (nSPS) is 10.2. The summed E-state index contributed by atoms with van der Waals surface area (Å²) in [5.41, 5.74) is 1.65. The third-order valence-electron chi connectivity index (χ3n) is 1.83. The minimum atomic E-state index is 0.340. The first-order chi connectivity index (χ1) is 6.06. The van der Waals surface area contributed by atoms with Gasteiger partial charge in [-0.2, -0.15) is 5.26 Å². The van der Waals surface area contributed by atoms with Gasteiger partial charge in [-0.3, -0.25) is 0 Å². The summed E-state index contributed by atoms with van der Waals surface area (Å²) in [4.78, 5) is 0. The number of hydrogen-bond acceptors (Lipinski definition) is 1. The van der Waals surface area contributed by atoms with E-state index in [1.54, 1.807) is 6.07 Å². The molecule has 0 heterocycles. The summed E-state index contributed by atoms with van der Waals surface area (Å²) in [5, 5.41) is 9.50. The van der Waals surface area contributed by atoms with Gasteiger partial charge in [0.25, 0.3) is 0 Å². The second-order valence-electron chi connectivity index (χ2n) is 3.12. The van der Waals surface area contributed by atoms with E-state index in [4.69, 9.17) is 16.9 Å². The van der Waals surface area contributed by atoms with Gasteiger partial charge in [0.1, 0.15) is 6.07 Å². The lowest BCUT2D eigenvalue weighted by molar-refractivity contribution is 0.866. The van der Waals surface area contributed by atoms with E-state index in [0.29, 0.717) is 16.5 Å². The Morgan fingerprint density at radius 1 is 1.46 bits per heavy atom. The molecule has 0 saturated heterocycles. The molecular weight excluding hydrogens is 249 g/mol. The maximum absolute atomic E-state index is 8.79. The molecule has 1 aromatic rings. The molecule has 0 unspecified atom stereocenters. The van der Waals surface area contributed by atoms with Gasteiger partial charge in [-0.15, -0.1) is 0 Å². The summed E-state index contributed by atoms with van der Waals surface area (Å²) in [6.07, 6.45) is 0. The highest BCUT2D eigenvalue weighted by Gasteiger charge is 2.09. The first-order valence-electron chi connectivity index (χ1n) is 3.95. The fourth-order valence-corrected chi connectivity index (χ4v) is 2.04. The Morgan fingerprint density at radius 3 is 2.54 bits per heavy atom. The molecule has 0 bridgehead atoms. The molecule has 68 valence electrons. The number of halogens is 2. The van der Waals surface area contributed by atoms with Crippen LogP contribution in [0.5, 0.6) is 0 Å². The number of rotatable bonds is 1. The van der Waals surface area contributed by atoms with Gasteiger partial charge >= 0.3 is 0 Å². The van der Waals surface area contributed by atoms with Crippen LogP contribution in [0.3, 0.4) is 0 Å². The molecule has 3 heteroatoms. The van der Waals surface area contributed by atoms with Gasteiger partial charge in [-0.05, 0) is 39.5 Å². The van der Waals surface area contributed by atoms with Gasteiger partial charge in [0.2, 0.25) is 0 Å². The van der Waals surface area contributed by atoms with Gasteiger partial charge in [0, 0.05) is 9.50 Å². The Morgan fingerprint density at radius 2 is 2.08 bits per heavy atom. The van der Waals surface area contributed by atoms with Gasteiger partial charge in [0.15, 0.2) is 0 Å². The van der Waals surface area contributed by atoms with Crippen molar-refractivity contribution in [1.82, 2.24) is 0 Å². The molecule has 0 amide bonds. The Hall–Kier alpha value is -0.520. The second-order valence-corrected chi connectivity index (χ2v) is 4.38. The van der Waals surface area contributed by atoms with Crippen molar-refractivity contribution < 1.29 is 0 Å². The highest BCUT2D eigenvalue weighted by molar-refractivity contribution is 9.10. The highest BCUT2D eigenvalue weighted by atomic mass is 79.9. The van der Waals surface area contributed by atoms with Crippen LogP contribution in [-0.2, 0) is 0 Å². The van der Waals surface area contributed by atoms with Crippen LogP contribution in [0, 0.1) is 11.3 Å². The van der Waals surface area contributed by atoms with Crippen molar-refractivity contribution in [2.24, 2.45) is 0 Å². The lowest BCUT2D eigenvalue weighted by atomic mass is 10.0. The van der Waals surface area contributed by atoms with Crippen LogP contribution in [-0.4, -0.2) is 0 Å². The average molecular weight is 259 g/mol. The third kappa shape index (κ3) is 2.24. The van der Waals surface area contributed by atoms with Crippen LogP contribution >= 0.6 is 27.5 Å². The zero-order valence-electron chi connectivity index (χ0n) is 7.44. The van der Waals surface area contributed by atoms with Crippen LogP contribution in [0.15, 0.2) is 16.6 Å². The quantitative estimate of drug-likeness (QED) is 0.744. The smallest absolute Gasteiger partial charge is 0.100 e. The molecule has 13 heavy (non-hydrogen) atoms. The van der Waals surface area contributed by atoms with Crippen molar-refractivity contribution in [3.63, 3.8) is 0 Å². The van der Waals surface area contributed by atoms with Gasteiger partial charge in [0.05, 0.1) is 5.56 Å². The molecule has 0 atom stereocenters. The van der Waals surface area contributed by atoms with Crippen molar-refractivity contribution in [1.29, 1.82) is 5.26 Å². The monoisotopic (exact) mass is 257 g/mol. The average Bonchev–Trinajstić information content (AvgIpc) is 2.03. The van der Waals surface area contributed by atoms with E-state index < -0.39 is 0 Å². The zero-order valence-corrected chi connectivity index (χ0v) is 9.78. The molecule has 1 nitrogen and oxygen atoms in total. The van der Waals surface area contributed by atoms with E-state index in [-0.39, 0.29) is 0 Å². The largest absolute Gasteiger partial charge is 0.192 e. The van der Waals surface area contributed by atoms with Gasteiger partial charge in [-0.25, -0.2) is 0 Å². The van der Waals surface area contributed by atoms with Crippen LogP contribution in [0.1, 0.15) is 30.9 Å². The Kier molecular flexibility index (Phi) is 3.35. The number of hydrogen-bond donors (Lipinski definition) is 0. The first kappa shape index (κ1) is 10.6. The summed E-state index contributed by atoms with van der Waals surface area (Å²) in [6, 6.07) is 5.72. The number of nitriles is 1. The SMILES string of the molecule is CC(C)c1cc(C#N)c(Br)cc1Cl. The minimum Gasteiger partial charge on any atom is -0.192 e. The lowest BCUT2D eigenvalue weighted by Crippen LogP contribution is -1.91. The standard InChI is InChI=1S/C10H9BrClN/c1-6(2)8-3-7(5-13)9(11)4-10(8)12/h3-4,6H,1-2H3. The molecule has 0 radical (unpaired) electrons. The molecule has 0 aliphatic heterocycles. The molecule has 0 spiro atoms. The summed E-state index contributed by atoms with van der Waals surface area (Å²) in [5.74, 6) is 0.340. The lowest BCUT2D eigenvalue weighted by Gasteiger charge is -2.09. The molecule has 0 N–H and O–H groups in total. The van der Waals surface area contributed by atoms with Crippen molar-refractivity contribution in [3.05, 3.63) is 32.8 Å². The van der Waals surface area contributed by atoms with Crippen LogP contribution < -0.4 is 0 Å². The number of nitrogens with zero attached hydrogens (tertiary/aromatic N) is 1. The Labute approximate surface area is 91.5 Å². The second kappa shape index (κ2) is 4.13. The molecule has 1 aromatic carbocycles. The molecule has 0 aliphatic carbocycles. The van der Waals surface area contributed by atoms with E-state index in [2.05, 4.69) is 35.8 Å². The van der Waals surface area contributed by atoms with Crippen molar-refractivity contribution >= 4 is 27.5 Å². The molecular formula is C10H9BrClN. The van der Waals surface area contributed by atoms with E-state index >= 15 is 0 Å². The molecule has 0 saturated carbocycles. The molecule has 1 rings (SSSR count). The molecule has 0 aliphatic rings.